The van der Waals surface area contributed by atoms with Crippen LogP contribution in [-0.2, 0) is 9.53 Å². The molecule has 28 heavy (non-hydrogen) atoms. The molecule has 0 unspecified atom stereocenters. The first kappa shape index (κ1) is 20.6. The predicted octanol–water partition coefficient (Wildman–Crippen LogP) is 1.69. The molecule has 7 nitrogen and oxygen atoms in total. The minimum atomic E-state index is -0.424. The molecule has 7 heteroatoms. The molecule has 1 N–H and O–H groups in total. The Balaban J connectivity index is 1.47. The SMILES string of the molecule is COCCC(=O)N1CCC(Oc2ccc(C(=O)N3CCC[C@@H](O)C3)cc2)CC1. The van der Waals surface area contributed by atoms with Crippen LogP contribution in [0, 0.1) is 0 Å². The third-order valence-corrected chi connectivity index (χ3v) is 5.40. The molecule has 0 bridgehead atoms. The number of carbonyl (C=O) groups excluding carboxylic acids is 2. The Morgan fingerprint density at radius 3 is 2.43 bits per heavy atom. The number of aliphatic hydroxyl groups is 1. The maximum absolute atomic E-state index is 12.5. The second kappa shape index (κ2) is 9.89. The number of nitrogens with zero attached hydrogens (tertiary/aromatic N) is 2. The van der Waals surface area contributed by atoms with Gasteiger partial charge in [0, 0.05) is 51.7 Å². The molecule has 2 heterocycles. The predicted molar refractivity (Wildman–Crippen MR) is 104 cm³/mol. The van der Waals surface area contributed by atoms with E-state index in [0.717, 1.165) is 31.4 Å². The minimum absolute atomic E-state index is 0.0480. The van der Waals surface area contributed by atoms with Crippen LogP contribution in [0.4, 0.5) is 0 Å². The standard InChI is InChI=1S/C21H30N2O5/c1-27-14-10-20(25)22-12-8-19(9-13-22)28-18-6-4-16(5-7-18)21(26)23-11-2-3-17(24)15-23/h4-7,17,19,24H,2-3,8-15H2,1H3/t17-/m1/s1. The lowest BCUT2D eigenvalue weighted by atomic mass is 10.1. The van der Waals surface area contributed by atoms with Gasteiger partial charge in [-0.05, 0) is 37.1 Å². The normalized spacial score (nSPS) is 20.9. The number of likely N-dealkylation sites (tertiary alicyclic amines) is 2. The van der Waals surface area contributed by atoms with Crippen LogP contribution >= 0.6 is 0 Å². The second-order valence-electron chi connectivity index (χ2n) is 7.51. The molecule has 1 atom stereocenters. The van der Waals surface area contributed by atoms with Gasteiger partial charge in [-0.3, -0.25) is 9.59 Å². The number of aliphatic hydroxyl groups excluding tert-OH is 1. The third-order valence-electron chi connectivity index (χ3n) is 5.40. The molecule has 0 saturated carbocycles. The number of hydrogen-bond acceptors (Lipinski definition) is 5. The molecule has 3 rings (SSSR count). The molecular formula is C21H30N2O5. The first-order chi connectivity index (χ1) is 13.6. The second-order valence-corrected chi connectivity index (χ2v) is 7.51. The number of ether oxygens (including phenoxy) is 2. The molecule has 1 aromatic carbocycles. The number of benzene rings is 1. The minimum Gasteiger partial charge on any atom is -0.490 e. The van der Waals surface area contributed by atoms with E-state index in [1.54, 1.807) is 24.1 Å². The van der Waals surface area contributed by atoms with Gasteiger partial charge in [0.05, 0.1) is 19.1 Å². The summed E-state index contributed by atoms with van der Waals surface area (Å²) >= 11 is 0. The zero-order valence-electron chi connectivity index (χ0n) is 16.5. The van der Waals surface area contributed by atoms with E-state index in [4.69, 9.17) is 9.47 Å². The lowest BCUT2D eigenvalue weighted by Crippen LogP contribution is -2.42. The summed E-state index contributed by atoms with van der Waals surface area (Å²) in [5, 5.41) is 9.75. The van der Waals surface area contributed by atoms with E-state index in [-0.39, 0.29) is 17.9 Å². The van der Waals surface area contributed by atoms with Crippen molar-refractivity contribution in [3.05, 3.63) is 29.8 Å². The van der Waals surface area contributed by atoms with Gasteiger partial charge >= 0.3 is 0 Å². The van der Waals surface area contributed by atoms with Crippen molar-refractivity contribution in [2.75, 3.05) is 39.9 Å². The first-order valence-corrected chi connectivity index (χ1v) is 10.1. The molecule has 0 aliphatic carbocycles. The van der Waals surface area contributed by atoms with Crippen molar-refractivity contribution >= 4 is 11.8 Å². The maximum Gasteiger partial charge on any atom is 0.253 e. The summed E-state index contributed by atoms with van der Waals surface area (Å²) < 4.78 is 11.0. The number of piperidine rings is 2. The Morgan fingerprint density at radius 2 is 1.79 bits per heavy atom. The van der Waals surface area contributed by atoms with Gasteiger partial charge in [0.15, 0.2) is 0 Å². The summed E-state index contributed by atoms with van der Waals surface area (Å²) in [5.41, 5.74) is 0.611. The Labute approximate surface area is 166 Å². The van der Waals surface area contributed by atoms with Crippen molar-refractivity contribution in [1.82, 2.24) is 9.80 Å². The summed E-state index contributed by atoms with van der Waals surface area (Å²) in [7, 11) is 1.60. The number of amides is 2. The van der Waals surface area contributed by atoms with Crippen molar-refractivity contribution in [1.29, 1.82) is 0 Å². The molecule has 2 aliphatic heterocycles. The Hall–Kier alpha value is -2.12. The average Bonchev–Trinajstić information content (AvgIpc) is 2.72. The highest BCUT2D eigenvalue weighted by Gasteiger charge is 2.25. The summed E-state index contributed by atoms with van der Waals surface area (Å²) in [5.74, 6) is 0.818. The quantitative estimate of drug-likeness (QED) is 0.800. The summed E-state index contributed by atoms with van der Waals surface area (Å²) in [6.07, 6.45) is 3.26. The first-order valence-electron chi connectivity index (χ1n) is 10.1. The van der Waals surface area contributed by atoms with E-state index in [0.29, 0.717) is 44.8 Å². The van der Waals surface area contributed by atoms with Crippen LogP contribution < -0.4 is 4.74 Å². The molecule has 2 aliphatic rings. The smallest absolute Gasteiger partial charge is 0.253 e. The molecule has 2 fully saturated rings. The molecular weight excluding hydrogens is 360 g/mol. The van der Waals surface area contributed by atoms with E-state index in [1.807, 2.05) is 17.0 Å². The molecule has 154 valence electrons. The Morgan fingerprint density at radius 1 is 1.07 bits per heavy atom. The third kappa shape index (κ3) is 5.45. The van der Waals surface area contributed by atoms with Gasteiger partial charge in [-0.25, -0.2) is 0 Å². The maximum atomic E-state index is 12.5. The fourth-order valence-electron chi connectivity index (χ4n) is 3.76. The number of carbonyl (C=O) groups is 2. The number of rotatable bonds is 6. The van der Waals surface area contributed by atoms with Crippen LogP contribution in [0.25, 0.3) is 0 Å². The van der Waals surface area contributed by atoms with E-state index < -0.39 is 6.10 Å². The van der Waals surface area contributed by atoms with Crippen LogP contribution in [0.5, 0.6) is 5.75 Å². The number of β-amino-alcohol motifs (C(OH)–C–C–N with tert-alkyl or cyclic N) is 1. The number of methoxy groups -OCH3 is 1. The van der Waals surface area contributed by atoms with Crippen LogP contribution in [0.2, 0.25) is 0 Å². The fraction of sp³-hybridized carbons (Fsp3) is 0.619. The van der Waals surface area contributed by atoms with Crippen molar-refractivity contribution in [2.24, 2.45) is 0 Å². The highest BCUT2D eigenvalue weighted by molar-refractivity contribution is 5.94. The van der Waals surface area contributed by atoms with Crippen LogP contribution in [0.1, 0.15) is 42.5 Å². The van der Waals surface area contributed by atoms with Crippen molar-refractivity contribution in [2.45, 2.75) is 44.3 Å². The van der Waals surface area contributed by atoms with Gasteiger partial charge in [0.1, 0.15) is 11.9 Å². The summed E-state index contributed by atoms with van der Waals surface area (Å²) in [6.45, 7) is 2.94. The van der Waals surface area contributed by atoms with Gasteiger partial charge < -0.3 is 24.4 Å². The summed E-state index contributed by atoms with van der Waals surface area (Å²) in [4.78, 5) is 28.2. The van der Waals surface area contributed by atoms with Crippen molar-refractivity contribution in [3.63, 3.8) is 0 Å². The molecule has 0 radical (unpaired) electrons. The van der Waals surface area contributed by atoms with Crippen LogP contribution in [-0.4, -0.2) is 78.8 Å². The van der Waals surface area contributed by atoms with E-state index in [2.05, 4.69) is 0 Å². The average molecular weight is 390 g/mol. The van der Waals surface area contributed by atoms with Gasteiger partial charge in [-0.1, -0.05) is 0 Å². The molecule has 2 saturated heterocycles. The van der Waals surface area contributed by atoms with Crippen molar-refractivity contribution < 1.29 is 24.2 Å². The molecule has 2 amide bonds. The van der Waals surface area contributed by atoms with Crippen molar-refractivity contribution in [3.8, 4) is 5.75 Å². The topological polar surface area (TPSA) is 79.3 Å². The largest absolute Gasteiger partial charge is 0.490 e. The zero-order chi connectivity index (χ0) is 19.9. The zero-order valence-corrected chi connectivity index (χ0v) is 16.5. The highest BCUT2D eigenvalue weighted by Crippen LogP contribution is 2.21. The number of hydrogen-bond donors (Lipinski definition) is 1. The molecule has 0 aromatic heterocycles. The van der Waals surface area contributed by atoms with E-state index in [9.17, 15) is 14.7 Å². The van der Waals surface area contributed by atoms with Crippen LogP contribution in [0.15, 0.2) is 24.3 Å². The molecule has 1 aromatic rings. The van der Waals surface area contributed by atoms with Gasteiger partial charge in [0.25, 0.3) is 5.91 Å². The van der Waals surface area contributed by atoms with Gasteiger partial charge in [0.2, 0.25) is 5.91 Å². The fourth-order valence-corrected chi connectivity index (χ4v) is 3.76. The Bertz CT molecular complexity index is 655. The van der Waals surface area contributed by atoms with Gasteiger partial charge in [-0.15, -0.1) is 0 Å². The van der Waals surface area contributed by atoms with E-state index in [1.165, 1.54) is 0 Å². The highest BCUT2D eigenvalue weighted by atomic mass is 16.5. The monoisotopic (exact) mass is 390 g/mol. The summed E-state index contributed by atoms with van der Waals surface area (Å²) in [6, 6.07) is 7.21. The molecule has 0 spiro atoms. The van der Waals surface area contributed by atoms with E-state index >= 15 is 0 Å². The lowest BCUT2D eigenvalue weighted by Gasteiger charge is -2.32. The Kier molecular flexibility index (Phi) is 7.28. The van der Waals surface area contributed by atoms with Crippen LogP contribution in [0.3, 0.4) is 0 Å². The lowest BCUT2D eigenvalue weighted by molar-refractivity contribution is -0.133. The van der Waals surface area contributed by atoms with Gasteiger partial charge in [-0.2, -0.15) is 0 Å².